The zero-order chi connectivity index (χ0) is 11.5. The van der Waals surface area contributed by atoms with Crippen LogP contribution >= 0.6 is 7.92 Å². The molecule has 0 saturated carbocycles. The van der Waals surface area contributed by atoms with Gasteiger partial charge < -0.3 is 10.2 Å². The van der Waals surface area contributed by atoms with Gasteiger partial charge in [-0.05, 0) is 49.5 Å². The van der Waals surface area contributed by atoms with Gasteiger partial charge in [-0.15, -0.1) is 0 Å². The molecule has 0 aliphatic carbocycles. The van der Waals surface area contributed by atoms with Crippen LogP contribution in [0.15, 0.2) is 48.5 Å². The van der Waals surface area contributed by atoms with Crippen molar-refractivity contribution < 1.29 is 10.2 Å². The molecule has 3 heteroatoms. The second-order valence-corrected chi connectivity index (χ2v) is 5.74. The quantitative estimate of drug-likeness (QED) is 0.779. The first kappa shape index (κ1) is 11.0. The number of rotatable bonds is 2. The fraction of sp³-hybridized carbons (Fsp3) is 0.0769. The van der Waals surface area contributed by atoms with Crippen LogP contribution in [-0.4, -0.2) is 16.9 Å². The van der Waals surface area contributed by atoms with Crippen molar-refractivity contribution in [2.45, 2.75) is 0 Å². The fourth-order valence-electron chi connectivity index (χ4n) is 1.50. The normalized spacial score (nSPS) is 10.6. The predicted octanol–water partition coefficient (Wildman–Crippen LogP) is 2.16. The average Bonchev–Trinajstić information content (AvgIpc) is 2.30. The van der Waals surface area contributed by atoms with Gasteiger partial charge in [-0.3, -0.25) is 0 Å². The number of aromatic hydroxyl groups is 2. The van der Waals surface area contributed by atoms with E-state index in [0.29, 0.717) is 0 Å². The van der Waals surface area contributed by atoms with Crippen LogP contribution in [0.4, 0.5) is 0 Å². The molecular weight excluding hydrogens is 219 g/mol. The summed E-state index contributed by atoms with van der Waals surface area (Å²) in [4.78, 5) is 0. The molecule has 0 amide bonds. The van der Waals surface area contributed by atoms with E-state index in [4.69, 9.17) is 0 Å². The van der Waals surface area contributed by atoms with Gasteiger partial charge in [0, 0.05) is 0 Å². The Hall–Kier alpha value is -1.53. The molecule has 2 rings (SSSR count). The molecule has 82 valence electrons. The second-order valence-electron chi connectivity index (χ2n) is 3.59. The van der Waals surface area contributed by atoms with Gasteiger partial charge in [0.25, 0.3) is 0 Å². The van der Waals surface area contributed by atoms with E-state index in [1.165, 1.54) is 10.6 Å². The second kappa shape index (κ2) is 4.54. The molecule has 0 heterocycles. The SMILES string of the molecule is CP(c1ccc(O)cc1)c1ccc(O)cc1. The summed E-state index contributed by atoms with van der Waals surface area (Å²) in [6.07, 6.45) is 0. The van der Waals surface area contributed by atoms with Gasteiger partial charge in [0.1, 0.15) is 11.5 Å². The Morgan fingerprint density at radius 2 is 1.00 bits per heavy atom. The Balaban J connectivity index is 2.28. The van der Waals surface area contributed by atoms with Crippen LogP contribution in [0.5, 0.6) is 11.5 Å². The maximum atomic E-state index is 9.22. The number of hydrogen-bond acceptors (Lipinski definition) is 2. The summed E-state index contributed by atoms with van der Waals surface area (Å²) in [6, 6.07) is 14.6. The molecule has 16 heavy (non-hydrogen) atoms. The van der Waals surface area contributed by atoms with Gasteiger partial charge in [0.05, 0.1) is 0 Å². The van der Waals surface area contributed by atoms with E-state index in [9.17, 15) is 10.2 Å². The van der Waals surface area contributed by atoms with Crippen molar-refractivity contribution in [3.63, 3.8) is 0 Å². The Morgan fingerprint density at radius 1 is 0.688 bits per heavy atom. The molecule has 0 radical (unpaired) electrons. The van der Waals surface area contributed by atoms with Gasteiger partial charge >= 0.3 is 0 Å². The highest BCUT2D eigenvalue weighted by Gasteiger charge is 2.07. The molecule has 0 aliphatic heterocycles. The first-order valence-corrected chi connectivity index (χ1v) is 6.77. The Bertz CT molecular complexity index is 417. The van der Waals surface area contributed by atoms with Crippen LogP contribution in [0.3, 0.4) is 0 Å². The largest absolute Gasteiger partial charge is 0.508 e. The predicted molar refractivity (Wildman–Crippen MR) is 68.3 cm³/mol. The fourth-order valence-corrected chi connectivity index (χ4v) is 2.99. The van der Waals surface area contributed by atoms with Crippen molar-refractivity contribution >= 4 is 18.5 Å². The Morgan fingerprint density at radius 3 is 1.31 bits per heavy atom. The molecule has 2 N–H and O–H groups in total. The van der Waals surface area contributed by atoms with E-state index >= 15 is 0 Å². The minimum absolute atomic E-state index is 0.290. The lowest BCUT2D eigenvalue weighted by molar-refractivity contribution is 0.475. The monoisotopic (exact) mass is 232 g/mol. The molecular formula is C13H13O2P. The van der Waals surface area contributed by atoms with Crippen molar-refractivity contribution in [2.75, 3.05) is 6.66 Å². The van der Waals surface area contributed by atoms with Crippen molar-refractivity contribution in [1.82, 2.24) is 0 Å². The van der Waals surface area contributed by atoms with Crippen molar-refractivity contribution in [1.29, 1.82) is 0 Å². The van der Waals surface area contributed by atoms with E-state index < -0.39 is 7.92 Å². The molecule has 0 bridgehead atoms. The summed E-state index contributed by atoms with van der Waals surface area (Å²) < 4.78 is 0. The molecule has 0 atom stereocenters. The number of hydrogen-bond donors (Lipinski definition) is 2. The third-order valence-corrected chi connectivity index (χ3v) is 4.62. The summed E-state index contributed by atoms with van der Waals surface area (Å²) in [5.41, 5.74) is 0. The van der Waals surface area contributed by atoms with Gasteiger partial charge in [0.15, 0.2) is 0 Å². The lowest BCUT2D eigenvalue weighted by Gasteiger charge is -2.12. The molecule has 0 unspecified atom stereocenters. The Kier molecular flexibility index (Phi) is 3.12. The molecule has 0 spiro atoms. The van der Waals surface area contributed by atoms with E-state index in [-0.39, 0.29) is 11.5 Å². The standard InChI is InChI=1S/C13H13O2P/c1-16(12-6-2-10(14)3-7-12)13-8-4-11(15)5-9-13/h2-9,14-15H,1H3. The van der Waals surface area contributed by atoms with Crippen LogP contribution in [0.1, 0.15) is 0 Å². The van der Waals surface area contributed by atoms with Gasteiger partial charge in [-0.25, -0.2) is 0 Å². The third-order valence-electron chi connectivity index (χ3n) is 2.47. The highest BCUT2D eigenvalue weighted by molar-refractivity contribution is 7.72. The molecule has 2 nitrogen and oxygen atoms in total. The molecule has 2 aromatic rings. The number of phenols is 2. The Labute approximate surface area is 95.9 Å². The minimum atomic E-state index is -0.418. The number of benzene rings is 2. The van der Waals surface area contributed by atoms with Gasteiger partial charge in [-0.2, -0.15) is 0 Å². The first-order valence-electron chi connectivity index (χ1n) is 4.98. The summed E-state index contributed by atoms with van der Waals surface area (Å²) in [5, 5.41) is 20.9. The molecule has 0 aromatic heterocycles. The summed E-state index contributed by atoms with van der Waals surface area (Å²) in [5.74, 6) is 0.579. The van der Waals surface area contributed by atoms with E-state index in [1.807, 2.05) is 24.3 Å². The summed E-state index contributed by atoms with van der Waals surface area (Å²) >= 11 is 0. The maximum absolute atomic E-state index is 9.22. The van der Waals surface area contributed by atoms with Crippen LogP contribution in [0.2, 0.25) is 0 Å². The smallest absolute Gasteiger partial charge is 0.115 e. The maximum Gasteiger partial charge on any atom is 0.115 e. The van der Waals surface area contributed by atoms with Crippen LogP contribution < -0.4 is 10.6 Å². The molecule has 2 aromatic carbocycles. The van der Waals surface area contributed by atoms with E-state index in [1.54, 1.807) is 24.3 Å². The third kappa shape index (κ3) is 2.34. The van der Waals surface area contributed by atoms with Crippen LogP contribution in [-0.2, 0) is 0 Å². The molecule has 0 saturated heterocycles. The van der Waals surface area contributed by atoms with Crippen LogP contribution in [0, 0.1) is 0 Å². The highest BCUT2D eigenvalue weighted by Crippen LogP contribution is 2.29. The lowest BCUT2D eigenvalue weighted by Crippen LogP contribution is -2.09. The number of phenolic OH excluding ortho intramolecular Hbond substituents is 2. The first-order chi connectivity index (χ1) is 7.66. The van der Waals surface area contributed by atoms with Gasteiger partial charge in [-0.1, -0.05) is 24.3 Å². The van der Waals surface area contributed by atoms with Crippen molar-refractivity contribution in [3.8, 4) is 11.5 Å². The van der Waals surface area contributed by atoms with Crippen molar-refractivity contribution in [2.24, 2.45) is 0 Å². The van der Waals surface area contributed by atoms with Crippen molar-refractivity contribution in [3.05, 3.63) is 48.5 Å². The highest BCUT2D eigenvalue weighted by atomic mass is 31.1. The topological polar surface area (TPSA) is 40.5 Å². The van der Waals surface area contributed by atoms with E-state index in [2.05, 4.69) is 6.66 Å². The lowest BCUT2D eigenvalue weighted by atomic mass is 10.3. The zero-order valence-electron chi connectivity index (χ0n) is 8.96. The van der Waals surface area contributed by atoms with Crippen LogP contribution in [0.25, 0.3) is 0 Å². The molecule has 0 fully saturated rings. The van der Waals surface area contributed by atoms with E-state index in [0.717, 1.165) is 0 Å². The zero-order valence-corrected chi connectivity index (χ0v) is 9.85. The average molecular weight is 232 g/mol. The van der Waals surface area contributed by atoms with Gasteiger partial charge in [0.2, 0.25) is 0 Å². The molecule has 0 aliphatic rings. The minimum Gasteiger partial charge on any atom is -0.508 e. The summed E-state index contributed by atoms with van der Waals surface area (Å²) in [7, 11) is -0.418. The summed E-state index contributed by atoms with van der Waals surface area (Å²) in [6.45, 7) is 2.16.